The highest BCUT2D eigenvalue weighted by Crippen LogP contribution is 2.27. The third kappa shape index (κ3) is 2.69. The van der Waals surface area contributed by atoms with Crippen molar-refractivity contribution < 1.29 is 5.11 Å². The lowest BCUT2D eigenvalue weighted by molar-refractivity contribution is 0.471. The Labute approximate surface area is 128 Å². The average molecular weight is 301 g/mol. The van der Waals surface area contributed by atoms with Gasteiger partial charge in [-0.3, -0.25) is 0 Å². The molecule has 0 amide bonds. The number of aryl methyl sites for hydroxylation is 2. The molecular formula is C17H17ClN2O. The highest BCUT2D eigenvalue weighted by atomic mass is 35.5. The predicted octanol–water partition coefficient (Wildman–Crippen LogP) is 4.76. The number of benzene rings is 2. The highest BCUT2D eigenvalue weighted by Gasteiger charge is 2.06. The molecule has 0 radical (unpaired) electrons. The largest absolute Gasteiger partial charge is 0.508 e. The summed E-state index contributed by atoms with van der Waals surface area (Å²) in [6.07, 6.45) is 2.00. The molecule has 3 N–H and O–H groups in total. The van der Waals surface area contributed by atoms with Gasteiger partial charge in [-0.05, 0) is 54.8 Å². The van der Waals surface area contributed by atoms with E-state index in [-0.39, 0.29) is 0 Å². The summed E-state index contributed by atoms with van der Waals surface area (Å²) < 4.78 is 0. The summed E-state index contributed by atoms with van der Waals surface area (Å²) in [5.74, 6) is 0.333. The van der Waals surface area contributed by atoms with E-state index in [1.165, 1.54) is 10.9 Å². The molecule has 3 nitrogen and oxygen atoms in total. The van der Waals surface area contributed by atoms with Crippen LogP contribution in [-0.4, -0.2) is 10.1 Å². The normalized spacial score (nSPS) is 11.0. The molecule has 1 heterocycles. The molecule has 3 rings (SSSR count). The third-order valence-corrected chi connectivity index (χ3v) is 3.98. The molecule has 0 aliphatic rings. The van der Waals surface area contributed by atoms with E-state index in [9.17, 15) is 5.11 Å². The molecule has 0 spiro atoms. The molecule has 21 heavy (non-hydrogen) atoms. The summed E-state index contributed by atoms with van der Waals surface area (Å²) in [6, 6.07) is 9.61. The maximum Gasteiger partial charge on any atom is 0.118 e. The molecule has 0 aliphatic heterocycles. The van der Waals surface area contributed by atoms with Gasteiger partial charge in [0.15, 0.2) is 0 Å². The Hall–Kier alpha value is -2.13. The number of H-pyrrole nitrogens is 1. The van der Waals surface area contributed by atoms with E-state index < -0.39 is 0 Å². The molecule has 0 aliphatic carbocycles. The number of aromatic nitrogens is 1. The first-order chi connectivity index (χ1) is 10.0. The van der Waals surface area contributed by atoms with E-state index in [1.54, 1.807) is 6.07 Å². The van der Waals surface area contributed by atoms with Gasteiger partial charge in [-0.15, -0.1) is 0 Å². The molecule has 0 fully saturated rings. The zero-order chi connectivity index (χ0) is 15.0. The Balaban J connectivity index is 1.85. The molecule has 0 bridgehead atoms. The lowest BCUT2D eigenvalue weighted by Crippen LogP contribution is -2.01. The van der Waals surface area contributed by atoms with E-state index in [2.05, 4.69) is 10.3 Å². The van der Waals surface area contributed by atoms with Gasteiger partial charge in [0, 0.05) is 34.4 Å². The number of fused-ring (bicyclic) bond motifs is 1. The Bertz CT molecular complexity index is 808. The number of phenolic OH excluding ortho intramolecular Hbond substituents is 1. The summed E-state index contributed by atoms with van der Waals surface area (Å²) >= 11 is 5.99. The molecule has 4 heteroatoms. The quantitative estimate of drug-likeness (QED) is 0.611. The van der Waals surface area contributed by atoms with Gasteiger partial charge in [-0.2, -0.15) is 0 Å². The number of halogens is 1. The van der Waals surface area contributed by atoms with E-state index in [0.717, 1.165) is 27.4 Å². The minimum atomic E-state index is 0.333. The van der Waals surface area contributed by atoms with Crippen molar-refractivity contribution in [2.75, 3.05) is 5.32 Å². The van der Waals surface area contributed by atoms with Crippen molar-refractivity contribution in [2.45, 2.75) is 20.4 Å². The summed E-state index contributed by atoms with van der Waals surface area (Å²) in [4.78, 5) is 3.24. The average Bonchev–Trinajstić information content (AvgIpc) is 2.83. The minimum Gasteiger partial charge on any atom is -0.508 e. The lowest BCUT2D eigenvalue weighted by atomic mass is 10.1. The zero-order valence-electron chi connectivity index (χ0n) is 12.0. The molecule has 0 saturated heterocycles. The lowest BCUT2D eigenvalue weighted by Gasteiger charge is -2.11. The van der Waals surface area contributed by atoms with Gasteiger partial charge in [0.1, 0.15) is 5.75 Å². The number of hydrogen-bond acceptors (Lipinski definition) is 2. The van der Waals surface area contributed by atoms with Crippen molar-refractivity contribution >= 4 is 28.2 Å². The van der Waals surface area contributed by atoms with Crippen LogP contribution in [0.1, 0.15) is 16.7 Å². The van der Waals surface area contributed by atoms with E-state index in [0.29, 0.717) is 12.3 Å². The maximum absolute atomic E-state index is 9.70. The van der Waals surface area contributed by atoms with Crippen LogP contribution >= 0.6 is 11.6 Å². The van der Waals surface area contributed by atoms with Crippen LogP contribution in [0.3, 0.4) is 0 Å². The van der Waals surface area contributed by atoms with Crippen molar-refractivity contribution in [2.24, 2.45) is 0 Å². The van der Waals surface area contributed by atoms with Crippen molar-refractivity contribution in [1.29, 1.82) is 0 Å². The first-order valence-electron chi connectivity index (χ1n) is 6.84. The number of hydrogen-bond donors (Lipinski definition) is 3. The fourth-order valence-corrected chi connectivity index (χ4v) is 2.66. The van der Waals surface area contributed by atoms with Crippen molar-refractivity contribution in [3.05, 3.63) is 58.2 Å². The standard InChI is InChI=1S/C17H17ClN2O/c1-10-6-17(21)11(2)5-15(10)19-8-12-9-20-16-7-13(18)3-4-14(12)16/h3-7,9,19-21H,8H2,1-2H3. The van der Waals surface area contributed by atoms with Crippen LogP contribution in [-0.2, 0) is 6.54 Å². The Morgan fingerprint density at radius 3 is 2.76 bits per heavy atom. The third-order valence-electron chi connectivity index (χ3n) is 3.74. The Morgan fingerprint density at radius 1 is 1.14 bits per heavy atom. The van der Waals surface area contributed by atoms with Crippen molar-refractivity contribution in [3.8, 4) is 5.75 Å². The molecular weight excluding hydrogens is 284 g/mol. The highest BCUT2D eigenvalue weighted by molar-refractivity contribution is 6.31. The summed E-state index contributed by atoms with van der Waals surface area (Å²) in [5, 5.41) is 15.0. The number of rotatable bonds is 3. The fourth-order valence-electron chi connectivity index (χ4n) is 2.49. The van der Waals surface area contributed by atoms with Crippen LogP contribution in [0.25, 0.3) is 10.9 Å². The molecule has 108 valence electrons. The maximum atomic E-state index is 9.70. The van der Waals surface area contributed by atoms with Crippen LogP contribution in [0.5, 0.6) is 5.75 Å². The van der Waals surface area contributed by atoms with Crippen LogP contribution in [0.15, 0.2) is 36.5 Å². The monoisotopic (exact) mass is 300 g/mol. The topological polar surface area (TPSA) is 48.0 Å². The van der Waals surface area contributed by atoms with Gasteiger partial charge in [0.05, 0.1) is 0 Å². The van der Waals surface area contributed by atoms with Crippen LogP contribution in [0.4, 0.5) is 5.69 Å². The number of phenols is 1. The molecule has 0 unspecified atom stereocenters. The second kappa shape index (κ2) is 5.34. The van der Waals surface area contributed by atoms with Gasteiger partial charge < -0.3 is 15.4 Å². The second-order valence-corrected chi connectivity index (χ2v) is 5.75. The number of aromatic amines is 1. The molecule has 1 aromatic heterocycles. The van der Waals surface area contributed by atoms with E-state index in [4.69, 9.17) is 11.6 Å². The summed E-state index contributed by atoms with van der Waals surface area (Å²) in [6.45, 7) is 4.59. The number of nitrogens with one attached hydrogen (secondary N) is 2. The van der Waals surface area contributed by atoms with Gasteiger partial charge in [0.25, 0.3) is 0 Å². The predicted molar refractivity (Wildman–Crippen MR) is 88.2 cm³/mol. The fraction of sp³-hybridized carbons (Fsp3) is 0.176. The molecule has 0 atom stereocenters. The van der Waals surface area contributed by atoms with Crippen LogP contribution in [0.2, 0.25) is 5.02 Å². The van der Waals surface area contributed by atoms with E-state index in [1.807, 2.05) is 44.3 Å². The molecule has 2 aromatic carbocycles. The first kappa shape index (κ1) is 13.8. The number of aromatic hydroxyl groups is 1. The van der Waals surface area contributed by atoms with Gasteiger partial charge >= 0.3 is 0 Å². The van der Waals surface area contributed by atoms with E-state index >= 15 is 0 Å². The number of anilines is 1. The van der Waals surface area contributed by atoms with Gasteiger partial charge in [-0.1, -0.05) is 17.7 Å². The van der Waals surface area contributed by atoms with Gasteiger partial charge in [0.2, 0.25) is 0 Å². The van der Waals surface area contributed by atoms with Crippen molar-refractivity contribution in [1.82, 2.24) is 4.98 Å². The Morgan fingerprint density at radius 2 is 1.95 bits per heavy atom. The molecule has 3 aromatic rings. The Kier molecular flexibility index (Phi) is 3.52. The summed E-state index contributed by atoms with van der Waals surface area (Å²) in [7, 11) is 0. The zero-order valence-corrected chi connectivity index (χ0v) is 12.8. The van der Waals surface area contributed by atoms with Crippen molar-refractivity contribution in [3.63, 3.8) is 0 Å². The molecule has 0 saturated carbocycles. The first-order valence-corrected chi connectivity index (χ1v) is 7.22. The SMILES string of the molecule is Cc1cc(NCc2c[nH]c3cc(Cl)ccc23)c(C)cc1O. The van der Waals surface area contributed by atoms with Gasteiger partial charge in [-0.25, -0.2) is 0 Å². The second-order valence-electron chi connectivity index (χ2n) is 5.31. The smallest absolute Gasteiger partial charge is 0.118 e. The van der Waals surface area contributed by atoms with Crippen LogP contribution < -0.4 is 5.32 Å². The van der Waals surface area contributed by atoms with Crippen LogP contribution in [0, 0.1) is 13.8 Å². The minimum absolute atomic E-state index is 0.333. The summed E-state index contributed by atoms with van der Waals surface area (Å²) in [5.41, 5.74) is 5.16.